The van der Waals surface area contributed by atoms with E-state index in [-0.39, 0.29) is 12.0 Å². The topological polar surface area (TPSA) is 24.5 Å². The Bertz CT molecular complexity index is 289. The Morgan fingerprint density at radius 2 is 1.90 bits per heavy atom. The van der Waals surface area contributed by atoms with E-state index < -0.39 is 12.8 Å². The Morgan fingerprint density at radius 1 is 1.25 bits per heavy atom. The minimum absolute atomic E-state index is 0.132. The van der Waals surface area contributed by atoms with Crippen molar-refractivity contribution in [2.75, 3.05) is 32.8 Å². The summed E-state index contributed by atoms with van der Waals surface area (Å²) in [6.07, 6.45) is -3.25. The normalized spacial score (nSPS) is 25.9. The summed E-state index contributed by atoms with van der Waals surface area (Å²) in [5.74, 6) is 0. The van der Waals surface area contributed by atoms with Crippen LogP contribution in [0, 0.1) is 5.41 Å². The maximum absolute atomic E-state index is 12.0. The van der Waals surface area contributed by atoms with Crippen molar-refractivity contribution < 1.29 is 17.9 Å². The van der Waals surface area contributed by atoms with Crippen LogP contribution in [0.25, 0.3) is 0 Å². The van der Waals surface area contributed by atoms with Crippen LogP contribution >= 0.6 is 0 Å². The molecule has 6 heteroatoms. The van der Waals surface area contributed by atoms with Gasteiger partial charge < -0.3 is 10.1 Å². The first kappa shape index (κ1) is 17.7. The van der Waals surface area contributed by atoms with Crippen LogP contribution in [0.5, 0.6) is 0 Å². The summed E-state index contributed by atoms with van der Waals surface area (Å²) in [6.45, 7) is 9.91. The van der Waals surface area contributed by atoms with E-state index in [9.17, 15) is 13.2 Å². The summed E-state index contributed by atoms with van der Waals surface area (Å²) in [7, 11) is 0. The predicted molar refractivity (Wildman–Crippen MR) is 73.8 cm³/mol. The molecular weight excluding hydrogens is 269 g/mol. The van der Waals surface area contributed by atoms with E-state index in [1.807, 2.05) is 0 Å². The number of nitrogens with one attached hydrogen (secondary N) is 1. The summed E-state index contributed by atoms with van der Waals surface area (Å²) in [6, 6.07) is 0.732. The van der Waals surface area contributed by atoms with Gasteiger partial charge in [-0.25, -0.2) is 0 Å². The largest absolute Gasteiger partial charge is 0.411 e. The highest BCUT2D eigenvalue weighted by atomic mass is 19.4. The van der Waals surface area contributed by atoms with Gasteiger partial charge in [0.25, 0.3) is 0 Å². The van der Waals surface area contributed by atoms with Gasteiger partial charge in [0, 0.05) is 31.7 Å². The predicted octanol–water partition coefficient (Wildman–Crippen LogP) is 2.66. The van der Waals surface area contributed by atoms with E-state index in [4.69, 9.17) is 4.74 Å². The zero-order valence-electron chi connectivity index (χ0n) is 12.9. The monoisotopic (exact) mass is 296 g/mol. The third-order valence-corrected chi connectivity index (χ3v) is 3.84. The lowest BCUT2D eigenvalue weighted by atomic mass is 9.84. The molecule has 0 bridgehead atoms. The van der Waals surface area contributed by atoms with Crippen molar-refractivity contribution in [1.29, 1.82) is 0 Å². The number of hydrogen-bond acceptors (Lipinski definition) is 3. The third-order valence-electron chi connectivity index (χ3n) is 3.84. The summed E-state index contributed by atoms with van der Waals surface area (Å²) in [4.78, 5) is 2.25. The fourth-order valence-electron chi connectivity index (χ4n) is 2.48. The summed E-state index contributed by atoms with van der Waals surface area (Å²) >= 11 is 0. The zero-order chi connectivity index (χ0) is 15.4. The van der Waals surface area contributed by atoms with Gasteiger partial charge in [-0.05, 0) is 11.8 Å². The molecule has 2 atom stereocenters. The molecule has 0 spiro atoms. The lowest BCUT2D eigenvalue weighted by Crippen LogP contribution is -2.60. The standard InChI is InChI=1S/C14H27F3N2O/c1-5-11-8-18-12(13(2,3)4)9-19(11)6-7-20-10-14(15,16)17/h11-12,18H,5-10H2,1-4H3. The molecular formula is C14H27F3N2O. The van der Waals surface area contributed by atoms with Gasteiger partial charge in [-0.1, -0.05) is 27.7 Å². The highest BCUT2D eigenvalue weighted by Gasteiger charge is 2.33. The van der Waals surface area contributed by atoms with Gasteiger partial charge >= 0.3 is 6.18 Å². The van der Waals surface area contributed by atoms with Gasteiger partial charge in [0.15, 0.2) is 0 Å². The van der Waals surface area contributed by atoms with Crippen molar-refractivity contribution in [3.05, 3.63) is 0 Å². The SMILES string of the molecule is CCC1CNC(C(C)(C)C)CN1CCOCC(F)(F)F. The second-order valence-corrected chi connectivity index (χ2v) is 6.55. The molecule has 1 rings (SSSR count). The molecule has 0 aromatic rings. The van der Waals surface area contributed by atoms with Crippen molar-refractivity contribution in [1.82, 2.24) is 10.2 Å². The highest BCUT2D eigenvalue weighted by molar-refractivity contribution is 4.91. The van der Waals surface area contributed by atoms with Gasteiger partial charge in [-0.2, -0.15) is 13.2 Å². The molecule has 0 amide bonds. The van der Waals surface area contributed by atoms with Crippen LogP contribution in [0.3, 0.4) is 0 Å². The quantitative estimate of drug-likeness (QED) is 0.789. The first-order valence-corrected chi connectivity index (χ1v) is 7.25. The van der Waals surface area contributed by atoms with E-state index in [2.05, 4.69) is 37.9 Å². The van der Waals surface area contributed by atoms with Crippen LogP contribution in [0.2, 0.25) is 0 Å². The fourth-order valence-corrected chi connectivity index (χ4v) is 2.48. The first-order chi connectivity index (χ1) is 9.13. The fraction of sp³-hybridized carbons (Fsp3) is 1.00. The van der Waals surface area contributed by atoms with Crippen LogP contribution in [-0.2, 0) is 4.74 Å². The summed E-state index contributed by atoms with van der Waals surface area (Å²) in [5, 5.41) is 3.54. The van der Waals surface area contributed by atoms with E-state index in [1.165, 1.54) is 0 Å². The number of nitrogens with zero attached hydrogens (tertiary/aromatic N) is 1. The molecule has 120 valence electrons. The molecule has 1 aliphatic heterocycles. The van der Waals surface area contributed by atoms with Crippen LogP contribution in [0.4, 0.5) is 13.2 Å². The molecule has 1 N–H and O–H groups in total. The molecule has 0 saturated carbocycles. The van der Waals surface area contributed by atoms with Gasteiger partial charge in [0.05, 0.1) is 6.61 Å². The minimum Gasteiger partial charge on any atom is -0.371 e. The Kier molecular flexibility index (Phi) is 6.28. The maximum Gasteiger partial charge on any atom is 0.411 e. The molecule has 3 nitrogen and oxygen atoms in total. The first-order valence-electron chi connectivity index (χ1n) is 7.25. The smallest absolute Gasteiger partial charge is 0.371 e. The number of hydrogen-bond donors (Lipinski definition) is 1. The molecule has 0 radical (unpaired) electrons. The summed E-state index contributed by atoms with van der Waals surface area (Å²) in [5.41, 5.74) is 0.143. The Morgan fingerprint density at radius 3 is 2.40 bits per heavy atom. The van der Waals surface area contributed by atoms with Crippen LogP contribution in [0.15, 0.2) is 0 Å². The second-order valence-electron chi connectivity index (χ2n) is 6.55. The molecule has 0 aromatic carbocycles. The highest BCUT2D eigenvalue weighted by Crippen LogP contribution is 2.24. The van der Waals surface area contributed by atoms with Crippen LogP contribution < -0.4 is 5.32 Å². The lowest BCUT2D eigenvalue weighted by Gasteiger charge is -2.44. The van der Waals surface area contributed by atoms with Gasteiger partial charge in [0.1, 0.15) is 6.61 Å². The lowest BCUT2D eigenvalue weighted by molar-refractivity contribution is -0.175. The molecule has 2 unspecified atom stereocenters. The molecule has 20 heavy (non-hydrogen) atoms. The van der Waals surface area contributed by atoms with Crippen molar-refractivity contribution in [2.45, 2.75) is 52.4 Å². The third kappa shape index (κ3) is 5.97. The number of rotatable bonds is 5. The molecule has 1 fully saturated rings. The Labute approximate surface area is 119 Å². The van der Waals surface area contributed by atoms with Gasteiger partial charge in [-0.3, -0.25) is 4.90 Å². The number of piperazine rings is 1. The van der Waals surface area contributed by atoms with Crippen molar-refractivity contribution in [3.63, 3.8) is 0 Å². The van der Waals surface area contributed by atoms with E-state index in [1.54, 1.807) is 0 Å². The molecule has 0 aliphatic carbocycles. The van der Waals surface area contributed by atoms with Crippen LogP contribution in [0.1, 0.15) is 34.1 Å². The zero-order valence-corrected chi connectivity index (χ0v) is 12.9. The van der Waals surface area contributed by atoms with E-state index in [0.717, 1.165) is 19.5 Å². The summed E-state index contributed by atoms with van der Waals surface area (Å²) < 4.78 is 40.8. The molecule has 0 aromatic heterocycles. The molecule has 1 aliphatic rings. The van der Waals surface area contributed by atoms with Crippen molar-refractivity contribution in [2.24, 2.45) is 5.41 Å². The van der Waals surface area contributed by atoms with Crippen molar-refractivity contribution in [3.8, 4) is 0 Å². The van der Waals surface area contributed by atoms with Gasteiger partial charge in [0.2, 0.25) is 0 Å². The second kappa shape index (κ2) is 7.09. The van der Waals surface area contributed by atoms with E-state index >= 15 is 0 Å². The number of ether oxygens (including phenoxy) is 1. The minimum atomic E-state index is -4.23. The molecule has 1 heterocycles. The Hall–Kier alpha value is -0.330. The average molecular weight is 296 g/mol. The average Bonchev–Trinajstić information content (AvgIpc) is 2.32. The molecule has 1 saturated heterocycles. The van der Waals surface area contributed by atoms with E-state index in [0.29, 0.717) is 18.6 Å². The maximum atomic E-state index is 12.0. The van der Waals surface area contributed by atoms with Crippen molar-refractivity contribution >= 4 is 0 Å². The van der Waals surface area contributed by atoms with Crippen LogP contribution in [-0.4, -0.2) is 56.0 Å². The Balaban J connectivity index is 2.43. The van der Waals surface area contributed by atoms with Gasteiger partial charge in [-0.15, -0.1) is 0 Å². The number of alkyl halides is 3. The number of halogens is 3.